The zero-order valence-corrected chi connectivity index (χ0v) is 13.8. The van der Waals surface area contributed by atoms with Gasteiger partial charge >= 0.3 is 0 Å². The molecule has 2 atom stereocenters. The summed E-state index contributed by atoms with van der Waals surface area (Å²) in [6, 6.07) is 7.20. The summed E-state index contributed by atoms with van der Waals surface area (Å²) in [5.41, 5.74) is 2.77. The molecule has 1 aliphatic carbocycles. The Morgan fingerprint density at radius 2 is 2.00 bits per heavy atom. The van der Waals surface area contributed by atoms with Crippen LogP contribution in [-0.2, 0) is 6.54 Å². The second kappa shape index (κ2) is 7.02. The van der Waals surface area contributed by atoms with Crippen molar-refractivity contribution in [2.24, 2.45) is 5.92 Å². The summed E-state index contributed by atoms with van der Waals surface area (Å²) in [5.74, 6) is 0.912. The van der Waals surface area contributed by atoms with Gasteiger partial charge < -0.3 is 10.2 Å². The molecule has 1 aliphatic heterocycles. The van der Waals surface area contributed by atoms with E-state index in [1.807, 2.05) is 0 Å². The molecule has 1 aromatic rings. The molecule has 3 rings (SSSR count). The van der Waals surface area contributed by atoms with Crippen molar-refractivity contribution in [1.82, 2.24) is 5.32 Å². The monoisotopic (exact) mass is 306 g/mol. The molecule has 0 amide bonds. The predicted molar refractivity (Wildman–Crippen MR) is 91.2 cm³/mol. The lowest BCUT2D eigenvalue weighted by Crippen LogP contribution is -2.47. The van der Waals surface area contributed by atoms with E-state index in [2.05, 4.69) is 35.3 Å². The highest BCUT2D eigenvalue weighted by Crippen LogP contribution is 2.39. The van der Waals surface area contributed by atoms with Gasteiger partial charge in [0.2, 0.25) is 0 Å². The first-order valence-electron chi connectivity index (χ1n) is 8.55. The Labute approximate surface area is 133 Å². The van der Waals surface area contributed by atoms with Crippen LogP contribution in [0, 0.1) is 5.92 Å². The molecule has 0 radical (unpaired) electrons. The second-order valence-electron chi connectivity index (χ2n) is 6.50. The maximum Gasteiger partial charge on any atom is 0.0415 e. The largest absolute Gasteiger partial charge is 0.368 e. The van der Waals surface area contributed by atoms with Crippen molar-refractivity contribution in [3.63, 3.8) is 0 Å². The fourth-order valence-electron chi connectivity index (χ4n) is 4.16. The zero-order chi connectivity index (χ0) is 14.7. The van der Waals surface area contributed by atoms with Gasteiger partial charge in [0.05, 0.1) is 0 Å². The molecule has 2 unspecified atom stereocenters. The molecular formula is C18H27ClN2. The van der Waals surface area contributed by atoms with Crippen LogP contribution >= 0.6 is 11.6 Å². The lowest BCUT2D eigenvalue weighted by molar-refractivity contribution is 0.243. The Balaban J connectivity index is 1.87. The van der Waals surface area contributed by atoms with Crippen LogP contribution in [0.25, 0.3) is 0 Å². The Hall–Kier alpha value is -0.730. The van der Waals surface area contributed by atoms with Gasteiger partial charge in [-0.2, -0.15) is 0 Å². The van der Waals surface area contributed by atoms with E-state index in [0.717, 1.165) is 30.1 Å². The number of anilines is 1. The van der Waals surface area contributed by atoms with E-state index in [9.17, 15) is 0 Å². The molecule has 0 bridgehead atoms. The van der Waals surface area contributed by atoms with Gasteiger partial charge in [0.15, 0.2) is 0 Å². The van der Waals surface area contributed by atoms with Gasteiger partial charge in [-0.15, -0.1) is 0 Å². The fourth-order valence-corrected chi connectivity index (χ4v) is 4.35. The minimum Gasteiger partial charge on any atom is -0.368 e. The average molecular weight is 307 g/mol. The summed E-state index contributed by atoms with van der Waals surface area (Å²) >= 11 is 6.23. The van der Waals surface area contributed by atoms with Gasteiger partial charge in [0, 0.05) is 29.8 Å². The van der Waals surface area contributed by atoms with Crippen LogP contribution in [0.4, 0.5) is 5.69 Å². The van der Waals surface area contributed by atoms with Crippen LogP contribution in [-0.4, -0.2) is 19.1 Å². The molecule has 1 aromatic carbocycles. The van der Waals surface area contributed by atoms with Gasteiger partial charge in [-0.25, -0.2) is 0 Å². The Morgan fingerprint density at radius 3 is 2.86 bits per heavy atom. The maximum atomic E-state index is 6.23. The van der Waals surface area contributed by atoms with Crippen molar-refractivity contribution in [2.45, 2.75) is 58.0 Å². The number of hydrogen-bond donors (Lipinski definition) is 1. The minimum absolute atomic E-state index is 0.758. The van der Waals surface area contributed by atoms with Crippen molar-refractivity contribution in [3.05, 3.63) is 28.8 Å². The number of nitrogens with one attached hydrogen (secondary N) is 1. The highest BCUT2D eigenvalue weighted by Gasteiger charge is 2.33. The topological polar surface area (TPSA) is 15.3 Å². The van der Waals surface area contributed by atoms with Gasteiger partial charge in [-0.3, -0.25) is 0 Å². The first kappa shape index (κ1) is 15.2. The minimum atomic E-state index is 0.758. The molecule has 116 valence electrons. The summed E-state index contributed by atoms with van der Waals surface area (Å²) in [4.78, 5) is 2.69. The molecule has 0 aromatic heterocycles. The van der Waals surface area contributed by atoms with E-state index in [-0.39, 0.29) is 0 Å². The van der Waals surface area contributed by atoms with Crippen LogP contribution in [0.2, 0.25) is 5.02 Å². The lowest BCUT2D eigenvalue weighted by atomic mass is 9.78. The summed E-state index contributed by atoms with van der Waals surface area (Å²) in [6.07, 6.45) is 8.39. The number of nitrogens with zero attached hydrogens (tertiary/aromatic N) is 1. The molecule has 1 N–H and O–H groups in total. The quantitative estimate of drug-likeness (QED) is 0.874. The van der Waals surface area contributed by atoms with Crippen LogP contribution in [0.1, 0.15) is 51.0 Å². The van der Waals surface area contributed by atoms with Gasteiger partial charge in [-0.1, -0.05) is 31.4 Å². The normalized spacial score (nSPS) is 25.7. The Bertz CT molecular complexity index is 472. The van der Waals surface area contributed by atoms with E-state index in [1.165, 1.54) is 56.3 Å². The van der Waals surface area contributed by atoms with Crippen LogP contribution in [0.5, 0.6) is 0 Å². The molecule has 0 spiro atoms. The van der Waals surface area contributed by atoms with E-state index in [1.54, 1.807) is 0 Å². The molecule has 2 aliphatic rings. The molecule has 2 fully saturated rings. The average Bonchev–Trinajstić information content (AvgIpc) is 2.52. The highest BCUT2D eigenvalue weighted by atomic mass is 35.5. The van der Waals surface area contributed by atoms with Crippen LogP contribution in [0.3, 0.4) is 0 Å². The highest BCUT2D eigenvalue weighted by molar-refractivity contribution is 6.30. The van der Waals surface area contributed by atoms with E-state index < -0.39 is 0 Å². The van der Waals surface area contributed by atoms with Gasteiger partial charge in [-0.05, 0) is 61.9 Å². The van der Waals surface area contributed by atoms with E-state index in [0.29, 0.717) is 0 Å². The summed E-state index contributed by atoms with van der Waals surface area (Å²) in [6.45, 7) is 5.28. The third kappa shape index (κ3) is 3.37. The number of piperidine rings is 1. The Kier molecular flexibility index (Phi) is 5.07. The maximum absolute atomic E-state index is 6.23. The first-order chi connectivity index (χ1) is 10.3. The molecule has 21 heavy (non-hydrogen) atoms. The van der Waals surface area contributed by atoms with Crippen molar-refractivity contribution in [3.8, 4) is 0 Å². The molecule has 2 nitrogen and oxygen atoms in total. The van der Waals surface area contributed by atoms with Crippen molar-refractivity contribution in [1.29, 1.82) is 0 Å². The van der Waals surface area contributed by atoms with E-state index >= 15 is 0 Å². The summed E-state index contributed by atoms with van der Waals surface area (Å²) in [5, 5.41) is 4.31. The van der Waals surface area contributed by atoms with Crippen LogP contribution < -0.4 is 10.2 Å². The third-order valence-electron chi connectivity index (χ3n) is 5.16. The smallest absolute Gasteiger partial charge is 0.0415 e. The number of benzene rings is 1. The number of halogens is 1. The zero-order valence-electron chi connectivity index (χ0n) is 13.1. The Morgan fingerprint density at radius 1 is 1.19 bits per heavy atom. The molecule has 1 heterocycles. The number of hydrogen-bond acceptors (Lipinski definition) is 2. The third-order valence-corrected chi connectivity index (χ3v) is 5.39. The SMILES string of the molecule is CCNCc1cc(Cl)ccc1N1CCCC2CCCCC21. The molecule has 3 heteroatoms. The van der Waals surface area contributed by atoms with Crippen LogP contribution in [0.15, 0.2) is 18.2 Å². The molecule has 1 saturated heterocycles. The standard InChI is InChI=1S/C18H27ClN2/c1-2-20-13-15-12-16(19)9-10-18(15)21-11-5-7-14-6-3-4-8-17(14)21/h9-10,12,14,17,20H,2-8,11,13H2,1H3. The second-order valence-corrected chi connectivity index (χ2v) is 6.94. The van der Waals surface area contributed by atoms with E-state index in [4.69, 9.17) is 11.6 Å². The predicted octanol–water partition coefficient (Wildman–Crippen LogP) is 4.61. The number of rotatable bonds is 4. The van der Waals surface area contributed by atoms with Gasteiger partial charge in [0.1, 0.15) is 0 Å². The van der Waals surface area contributed by atoms with Gasteiger partial charge in [0.25, 0.3) is 0 Å². The van der Waals surface area contributed by atoms with Crippen molar-refractivity contribution < 1.29 is 0 Å². The fraction of sp³-hybridized carbons (Fsp3) is 0.667. The molecular weight excluding hydrogens is 280 g/mol. The van der Waals surface area contributed by atoms with Crippen molar-refractivity contribution >= 4 is 17.3 Å². The first-order valence-corrected chi connectivity index (χ1v) is 8.93. The summed E-state index contributed by atoms with van der Waals surface area (Å²) < 4.78 is 0. The van der Waals surface area contributed by atoms with Crippen molar-refractivity contribution in [2.75, 3.05) is 18.0 Å². The summed E-state index contributed by atoms with van der Waals surface area (Å²) in [7, 11) is 0. The lowest BCUT2D eigenvalue weighted by Gasteiger charge is -2.46. The molecule has 1 saturated carbocycles. The number of fused-ring (bicyclic) bond motifs is 1.